The van der Waals surface area contributed by atoms with Gasteiger partial charge < -0.3 is 9.84 Å². The zero-order chi connectivity index (χ0) is 15.7. The second-order valence-corrected chi connectivity index (χ2v) is 5.82. The summed E-state index contributed by atoms with van der Waals surface area (Å²) in [6, 6.07) is 7.58. The lowest BCUT2D eigenvalue weighted by Gasteiger charge is -2.38. The summed E-state index contributed by atoms with van der Waals surface area (Å²) in [6.07, 6.45) is 1.16. The SMILES string of the molecule is COC(=O)C1CCCN(C2Cc3ccccc3N2C(=O)O)C1. The molecule has 1 aromatic carbocycles. The number of carbonyl (C=O) groups is 2. The number of carboxylic acid groups (broad SMARTS) is 1. The monoisotopic (exact) mass is 304 g/mol. The highest BCUT2D eigenvalue weighted by atomic mass is 16.5. The van der Waals surface area contributed by atoms with E-state index in [9.17, 15) is 14.7 Å². The van der Waals surface area contributed by atoms with Crippen molar-refractivity contribution in [2.24, 2.45) is 5.92 Å². The predicted octanol–water partition coefficient (Wildman–Crippen LogP) is 1.94. The van der Waals surface area contributed by atoms with Crippen LogP contribution in [0.25, 0.3) is 0 Å². The summed E-state index contributed by atoms with van der Waals surface area (Å²) in [5.74, 6) is -0.375. The summed E-state index contributed by atoms with van der Waals surface area (Å²) in [4.78, 5) is 27.0. The first kappa shape index (κ1) is 14.8. The number of rotatable bonds is 2. The maximum atomic E-state index is 11.8. The van der Waals surface area contributed by atoms with Crippen molar-refractivity contribution in [1.82, 2.24) is 4.90 Å². The van der Waals surface area contributed by atoms with Crippen LogP contribution in [-0.4, -0.2) is 48.4 Å². The molecule has 1 aromatic rings. The van der Waals surface area contributed by atoms with E-state index in [0.29, 0.717) is 13.0 Å². The zero-order valence-corrected chi connectivity index (χ0v) is 12.6. The summed E-state index contributed by atoms with van der Waals surface area (Å²) >= 11 is 0. The summed E-state index contributed by atoms with van der Waals surface area (Å²) in [5.41, 5.74) is 1.79. The molecule has 2 aliphatic rings. The zero-order valence-electron chi connectivity index (χ0n) is 12.6. The number of para-hydroxylation sites is 1. The van der Waals surface area contributed by atoms with E-state index in [1.165, 1.54) is 12.0 Å². The molecule has 1 N–H and O–H groups in total. The number of methoxy groups -OCH3 is 1. The van der Waals surface area contributed by atoms with Crippen LogP contribution in [0.5, 0.6) is 0 Å². The third kappa shape index (κ3) is 2.54. The number of ether oxygens (including phenoxy) is 1. The van der Waals surface area contributed by atoms with Crippen LogP contribution in [0, 0.1) is 5.92 Å². The molecule has 0 radical (unpaired) electrons. The molecular weight excluding hydrogens is 284 g/mol. The van der Waals surface area contributed by atoms with Gasteiger partial charge in [-0.05, 0) is 24.5 Å². The van der Waals surface area contributed by atoms with Crippen molar-refractivity contribution >= 4 is 17.7 Å². The minimum atomic E-state index is -0.949. The highest BCUT2D eigenvalue weighted by Crippen LogP contribution is 2.35. The van der Waals surface area contributed by atoms with Crippen LogP contribution < -0.4 is 4.90 Å². The van der Waals surface area contributed by atoms with Crippen molar-refractivity contribution in [3.05, 3.63) is 29.8 Å². The molecule has 6 nitrogen and oxygen atoms in total. The van der Waals surface area contributed by atoms with Gasteiger partial charge in [0.15, 0.2) is 0 Å². The minimum absolute atomic E-state index is 0.168. The highest BCUT2D eigenvalue weighted by molar-refractivity contribution is 5.89. The maximum Gasteiger partial charge on any atom is 0.413 e. The first-order valence-electron chi connectivity index (χ1n) is 7.53. The van der Waals surface area contributed by atoms with Gasteiger partial charge in [-0.2, -0.15) is 0 Å². The van der Waals surface area contributed by atoms with Crippen molar-refractivity contribution in [3.63, 3.8) is 0 Å². The lowest BCUT2D eigenvalue weighted by molar-refractivity contribution is -0.147. The average molecular weight is 304 g/mol. The van der Waals surface area contributed by atoms with E-state index in [1.807, 2.05) is 24.3 Å². The Morgan fingerprint density at radius 1 is 1.32 bits per heavy atom. The van der Waals surface area contributed by atoms with Crippen molar-refractivity contribution in [2.45, 2.75) is 25.4 Å². The van der Waals surface area contributed by atoms with Gasteiger partial charge in [0.05, 0.1) is 24.9 Å². The van der Waals surface area contributed by atoms with Crippen LogP contribution in [0.2, 0.25) is 0 Å². The number of esters is 1. The standard InChI is InChI=1S/C16H20N2O4/c1-22-15(19)12-6-4-8-17(10-12)14-9-11-5-2-3-7-13(11)18(14)16(20)21/h2-3,5,7,12,14H,4,6,8-10H2,1H3,(H,20,21). The molecule has 2 aliphatic heterocycles. The van der Waals surface area contributed by atoms with E-state index in [1.54, 1.807) is 0 Å². The maximum absolute atomic E-state index is 11.8. The minimum Gasteiger partial charge on any atom is -0.469 e. The molecule has 0 spiro atoms. The number of benzene rings is 1. The number of likely N-dealkylation sites (tertiary alicyclic amines) is 1. The predicted molar refractivity (Wildman–Crippen MR) is 80.8 cm³/mol. The summed E-state index contributed by atoms with van der Waals surface area (Å²) < 4.78 is 4.84. The number of fused-ring (bicyclic) bond motifs is 1. The second-order valence-electron chi connectivity index (χ2n) is 5.82. The molecule has 0 aromatic heterocycles. The van der Waals surface area contributed by atoms with Crippen molar-refractivity contribution < 1.29 is 19.4 Å². The van der Waals surface area contributed by atoms with Crippen LogP contribution in [0.1, 0.15) is 18.4 Å². The fourth-order valence-corrected chi connectivity index (χ4v) is 3.53. The molecule has 3 rings (SSSR count). The van der Waals surface area contributed by atoms with Gasteiger partial charge in [0.1, 0.15) is 0 Å². The number of anilines is 1. The van der Waals surface area contributed by atoms with Gasteiger partial charge in [-0.3, -0.25) is 14.6 Å². The fourth-order valence-electron chi connectivity index (χ4n) is 3.53. The second kappa shape index (κ2) is 5.96. The first-order valence-corrected chi connectivity index (χ1v) is 7.53. The van der Waals surface area contributed by atoms with Gasteiger partial charge >= 0.3 is 12.1 Å². The van der Waals surface area contributed by atoms with E-state index >= 15 is 0 Å². The van der Waals surface area contributed by atoms with Crippen LogP contribution in [-0.2, 0) is 16.0 Å². The molecule has 6 heteroatoms. The topological polar surface area (TPSA) is 70.1 Å². The van der Waals surface area contributed by atoms with Crippen LogP contribution in [0.15, 0.2) is 24.3 Å². The van der Waals surface area contributed by atoms with E-state index < -0.39 is 6.09 Å². The van der Waals surface area contributed by atoms with Crippen LogP contribution in [0.3, 0.4) is 0 Å². The van der Waals surface area contributed by atoms with E-state index in [-0.39, 0.29) is 18.1 Å². The van der Waals surface area contributed by atoms with Gasteiger partial charge in [-0.15, -0.1) is 0 Å². The Hall–Kier alpha value is -2.08. The normalized spacial score (nSPS) is 24.9. The Balaban J connectivity index is 1.82. The van der Waals surface area contributed by atoms with Gasteiger partial charge in [0, 0.05) is 19.5 Å². The number of amides is 1. The Morgan fingerprint density at radius 3 is 2.82 bits per heavy atom. The van der Waals surface area contributed by atoms with Crippen LogP contribution >= 0.6 is 0 Å². The average Bonchev–Trinajstić information content (AvgIpc) is 2.94. The van der Waals surface area contributed by atoms with Crippen molar-refractivity contribution in [3.8, 4) is 0 Å². The van der Waals surface area contributed by atoms with E-state index in [2.05, 4.69) is 4.90 Å². The number of hydrogen-bond acceptors (Lipinski definition) is 4. The molecule has 1 amide bonds. The Kier molecular flexibility index (Phi) is 4.02. The smallest absolute Gasteiger partial charge is 0.413 e. The van der Waals surface area contributed by atoms with Gasteiger partial charge in [-0.1, -0.05) is 18.2 Å². The molecule has 1 fully saturated rings. The molecule has 2 atom stereocenters. The number of piperidine rings is 1. The Bertz CT molecular complexity index is 589. The number of nitrogens with zero attached hydrogens (tertiary/aromatic N) is 2. The van der Waals surface area contributed by atoms with E-state index in [4.69, 9.17) is 4.74 Å². The number of hydrogen-bond donors (Lipinski definition) is 1. The van der Waals surface area contributed by atoms with Crippen molar-refractivity contribution in [2.75, 3.05) is 25.1 Å². The van der Waals surface area contributed by atoms with Gasteiger partial charge in [0.25, 0.3) is 0 Å². The lowest BCUT2D eigenvalue weighted by Crippen LogP contribution is -2.53. The molecular formula is C16H20N2O4. The molecule has 1 saturated heterocycles. The molecule has 0 aliphatic carbocycles. The van der Waals surface area contributed by atoms with E-state index in [0.717, 1.165) is 30.6 Å². The van der Waals surface area contributed by atoms with Crippen LogP contribution in [0.4, 0.5) is 10.5 Å². The van der Waals surface area contributed by atoms with Crippen molar-refractivity contribution in [1.29, 1.82) is 0 Å². The summed E-state index contributed by atoms with van der Waals surface area (Å²) in [7, 11) is 1.40. The fraction of sp³-hybridized carbons (Fsp3) is 0.500. The molecule has 0 saturated carbocycles. The highest BCUT2D eigenvalue weighted by Gasteiger charge is 2.40. The molecule has 22 heavy (non-hydrogen) atoms. The van der Waals surface area contributed by atoms with Gasteiger partial charge in [-0.25, -0.2) is 4.79 Å². The summed E-state index contributed by atoms with van der Waals surface area (Å²) in [6.45, 7) is 1.35. The molecule has 2 unspecified atom stereocenters. The number of carbonyl (C=O) groups excluding carboxylic acids is 1. The molecule has 118 valence electrons. The first-order chi connectivity index (χ1) is 10.6. The van der Waals surface area contributed by atoms with Gasteiger partial charge in [0.2, 0.25) is 0 Å². The third-order valence-corrected chi connectivity index (χ3v) is 4.57. The molecule has 2 heterocycles. The Labute approximate surface area is 129 Å². The largest absolute Gasteiger partial charge is 0.469 e. The quantitative estimate of drug-likeness (QED) is 0.846. The molecule has 0 bridgehead atoms. The lowest BCUT2D eigenvalue weighted by atomic mass is 9.97. The summed E-state index contributed by atoms with van der Waals surface area (Å²) in [5, 5.41) is 9.59. The Morgan fingerprint density at radius 2 is 2.09 bits per heavy atom. The third-order valence-electron chi connectivity index (χ3n) is 4.57.